The van der Waals surface area contributed by atoms with Gasteiger partial charge in [0.1, 0.15) is 0 Å². The van der Waals surface area contributed by atoms with Gasteiger partial charge in [0.05, 0.1) is 26.0 Å². The Hall–Kier alpha value is -1.43. The molecule has 0 aromatic heterocycles. The number of piperazine rings is 1. The van der Waals surface area contributed by atoms with Crippen LogP contribution in [0.3, 0.4) is 0 Å². The molecule has 1 amide bonds. The van der Waals surface area contributed by atoms with Gasteiger partial charge in [-0.25, -0.2) is 13.1 Å². The molecule has 0 radical (unpaired) electrons. The fourth-order valence-corrected chi connectivity index (χ4v) is 3.44. The Kier molecular flexibility index (Phi) is 8.07. The molecule has 26 heavy (non-hydrogen) atoms. The lowest BCUT2D eigenvalue weighted by Gasteiger charge is -2.37. The molecule has 2 aliphatic heterocycles. The van der Waals surface area contributed by atoms with E-state index >= 15 is 0 Å². The van der Waals surface area contributed by atoms with E-state index in [0.717, 1.165) is 38.4 Å². The van der Waals surface area contributed by atoms with Crippen LogP contribution in [0.4, 0.5) is 0 Å². The van der Waals surface area contributed by atoms with Gasteiger partial charge in [-0.05, 0) is 0 Å². The van der Waals surface area contributed by atoms with Gasteiger partial charge in [0.2, 0.25) is 15.9 Å². The van der Waals surface area contributed by atoms with Crippen LogP contribution >= 0.6 is 0 Å². The molecule has 0 aromatic carbocycles. The molecule has 0 saturated carbocycles. The number of rotatable bonds is 6. The van der Waals surface area contributed by atoms with Gasteiger partial charge in [-0.2, -0.15) is 0 Å². The average molecular weight is 391 g/mol. The summed E-state index contributed by atoms with van der Waals surface area (Å²) in [6.07, 6.45) is 1.14. The lowest BCUT2D eigenvalue weighted by atomic mass is 10.3. The number of aliphatic imine (C=N–C) groups is 1. The number of carbonyl (C=O) groups is 1. The predicted octanol–water partition coefficient (Wildman–Crippen LogP) is -2.41. The van der Waals surface area contributed by atoms with Crippen LogP contribution in [-0.4, -0.2) is 120 Å². The Morgan fingerprint density at radius 2 is 1.69 bits per heavy atom. The molecule has 0 spiro atoms. The first-order valence-electron chi connectivity index (χ1n) is 8.87. The van der Waals surface area contributed by atoms with Crippen molar-refractivity contribution in [3.8, 4) is 0 Å². The van der Waals surface area contributed by atoms with Gasteiger partial charge in [-0.15, -0.1) is 0 Å². The van der Waals surface area contributed by atoms with Crippen molar-refractivity contribution in [2.24, 2.45) is 4.99 Å². The third kappa shape index (κ3) is 7.06. The van der Waals surface area contributed by atoms with Crippen LogP contribution in [0.15, 0.2) is 4.99 Å². The zero-order valence-corrected chi connectivity index (χ0v) is 16.4. The van der Waals surface area contributed by atoms with E-state index in [-0.39, 0.29) is 5.91 Å². The Morgan fingerprint density at radius 1 is 1.04 bits per heavy atom. The molecule has 2 N–H and O–H groups in total. The van der Waals surface area contributed by atoms with E-state index in [0.29, 0.717) is 45.9 Å². The van der Waals surface area contributed by atoms with Crippen molar-refractivity contribution in [1.82, 2.24) is 24.7 Å². The number of nitrogens with one attached hydrogen (secondary N) is 2. The Labute approximate surface area is 155 Å². The second kappa shape index (κ2) is 10.0. The highest BCUT2D eigenvalue weighted by Crippen LogP contribution is 2.05. The van der Waals surface area contributed by atoms with E-state index < -0.39 is 10.0 Å². The van der Waals surface area contributed by atoms with Crippen LogP contribution < -0.4 is 10.0 Å². The van der Waals surface area contributed by atoms with Crippen molar-refractivity contribution in [3.63, 3.8) is 0 Å². The van der Waals surface area contributed by atoms with Crippen LogP contribution in [0, 0.1) is 0 Å². The summed E-state index contributed by atoms with van der Waals surface area (Å²) in [4.78, 5) is 22.7. The SMILES string of the molecule is CN=C(NCCNS(C)(=O)=O)N1CCN(CC(=O)N2CCOCC2)CC1. The summed E-state index contributed by atoms with van der Waals surface area (Å²) in [5.74, 6) is 0.913. The summed E-state index contributed by atoms with van der Waals surface area (Å²) in [7, 11) is -1.47. The molecule has 2 heterocycles. The summed E-state index contributed by atoms with van der Waals surface area (Å²) in [6.45, 7) is 6.94. The maximum absolute atomic E-state index is 12.3. The van der Waals surface area contributed by atoms with Crippen molar-refractivity contribution in [2.45, 2.75) is 0 Å². The maximum Gasteiger partial charge on any atom is 0.236 e. The number of morpholine rings is 1. The van der Waals surface area contributed by atoms with Gasteiger partial charge in [-0.1, -0.05) is 0 Å². The lowest BCUT2D eigenvalue weighted by Crippen LogP contribution is -2.55. The number of sulfonamides is 1. The van der Waals surface area contributed by atoms with Crippen molar-refractivity contribution in [3.05, 3.63) is 0 Å². The van der Waals surface area contributed by atoms with E-state index in [9.17, 15) is 13.2 Å². The van der Waals surface area contributed by atoms with Crippen LogP contribution in [0.2, 0.25) is 0 Å². The molecule has 0 unspecified atom stereocenters. The second-order valence-electron chi connectivity index (χ2n) is 6.40. The highest BCUT2D eigenvalue weighted by molar-refractivity contribution is 7.88. The minimum atomic E-state index is -3.18. The first kappa shape index (κ1) is 20.9. The van der Waals surface area contributed by atoms with E-state index in [4.69, 9.17) is 4.74 Å². The topological polar surface area (TPSA) is 107 Å². The van der Waals surface area contributed by atoms with Gasteiger partial charge >= 0.3 is 0 Å². The number of hydrogen-bond donors (Lipinski definition) is 2. The van der Waals surface area contributed by atoms with Gasteiger partial charge in [0.25, 0.3) is 0 Å². The number of carbonyl (C=O) groups excluding carboxylic acids is 1. The zero-order chi connectivity index (χ0) is 19.0. The smallest absolute Gasteiger partial charge is 0.236 e. The van der Waals surface area contributed by atoms with E-state index in [1.165, 1.54) is 0 Å². The molecule has 0 aromatic rings. The van der Waals surface area contributed by atoms with Gasteiger partial charge < -0.3 is 19.9 Å². The van der Waals surface area contributed by atoms with E-state index in [1.54, 1.807) is 7.05 Å². The first-order valence-corrected chi connectivity index (χ1v) is 10.8. The molecular formula is C15H30N6O4S. The van der Waals surface area contributed by atoms with Gasteiger partial charge in [-0.3, -0.25) is 14.7 Å². The maximum atomic E-state index is 12.3. The van der Waals surface area contributed by atoms with Crippen molar-refractivity contribution in [1.29, 1.82) is 0 Å². The average Bonchev–Trinajstić information content (AvgIpc) is 2.62. The molecule has 2 rings (SSSR count). The molecule has 2 saturated heterocycles. The molecule has 0 bridgehead atoms. The number of guanidine groups is 1. The minimum Gasteiger partial charge on any atom is -0.378 e. The Bertz CT molecular complexity index is 583. The summed E-state index contributed by atoms with van der Waals surface area (Å²) in [5, 5.41) is 3.16. The number of amides is 1. The normalized spacial score (nSPS) is 20.3. The van der Waals surface area contributed by atoms with Crippen LogP contribution in [0.1, 0.15) is 0 Å². The molecule has 150 valence electrons. The standard InChI is InChI=1S/C15H30N6O4S/c1-16-15(17-3-4-18-26(2,23)24)21-7-5-19(6-8-21)13-14(22)20-9-11-25-12-10-20/h18H,3-13H2,1-2H3,(H,16,17). The third-order valence-corrected chi connectivity index (χ3v) is 5.11. The summed E-state index contributed by atoms with van der Waals surface area (Å²) in [6, 6.07) is 0. The highest BCUT2D eigenvalue weighted by atomic mass is 32.2. The van der Waals surface area contributed by atoms with Crippen molar-refractivity contribution < 1.29 is 17.9 Å². The van der Waals surface area contributed by atoms with Crippen molar-refractivity contribution in [2.75, 3.05) is 85.4 Å². The molecule has 0 atom stereocenters. The van der Waals surface area contributed by atoms with E-state index in [2.05, 4.69) is 24.8 Å². The monoisotopic (exact) mass is 390 g/mol. The number of ether oxygens (including phenoxy) is 1. The first-order chi connectivity index (χ1) is 12.4. The molecule has 0 aliphatic carbocycles. The summed E-state index contributed by atoms with van der Waals surface area (Å²) >= 11 is 0. The highest BCUT2D eigenvalue weighted by Gasteiger charge is 2.24. The molecule has 2 aliphatic rings. The second-order valence-corrected chi connectivity index (χ2v) is 8.23. The quantitative estimate of drug-likeness (QED) is 0.295. The third-order valence-electron chi connectivity index (χ3n) is 4.38. The Morgan fingerprint density at radius 3 is 2.27 bits per heavy atom. The fraction of sp³-hybridized carbons (Fsp3) is 0.867. The zero-order valence-electron chi connectivity index (χ0n) is 15.6. The fourth-order valence-electron chi connectivity index (χ4n) is 2.96. The molecule has 10 nitrogen and oxygen atoms in total. The molecular weight excluding hydrogens is 360 g/mol. The number of hydrogen-bond acceptors (Lipinski definition) is 6. The van der Waals surface area contributed by atoms with Gasteiger partial charge in [0, 0.05) is 59.4 Å². The van der Waals surface area contributed by atoms with E-state index in [1.807, 2.05) is 4.90 Å². The number of nitrogens with zero attached hydrogens (tertiary/aromatic N) is 4. The largest absolute Gasteiger partial charge is 0.378 e. The summed E-state index contributed by atoms with van der Waals surface area (Å²) in [5.41, 5.74) is 0. The lowest BCUT2D eigenvalue weighted by molar-refractivity contribution is -0.136. The van der Waals surface area contributed by atoms with Crippen LogP contribution in [0.25, 0.3) is 0 Å². The van der Waals surface area contributed by atoms with Crippen LogP contribution in [0.5, 0.6) is 0 Å². The predicted molar refractivity (Wildman–Crippen MR) is 99.6 cm³/mol. The summed E-state index contributed by atoms with van der Waals surface area (Å²) < 4.78 is 29.8. The molecule has 2 fully saturated rings. The van der Waals surface area contributed by atoms with Gasteiger partial charge in [0.15, 0.2) is 5.96 Å². The van der Waals surface area contributed by atoms with Crippen LogP contribution in [-0.2, 0) is 19.6 Å². The molecule has 11 heteroatoms. The van der Waals surface area contributed by atoms with Crippen molar-refractivity contribution >= 4 is 21.9 Å². The Balaban J connectivity index is 1.69. The minimum absolute atomic E-state index is 0.163.